The van der Waals surface area contributed by atoms with Crippen molar-refractivity contribution in [3.8, 4) is 0 Å². The van der Waals surface area contributed by atoms with Gasteiger partial charge in [-0.05, 0) is 111 Å². The fourth-order valence-corrected chi connectivity index (χ4v) is 10.1. The molecule has 7 unspecified atom stereocenters. The van der Waals surface area contributed by atoms with E-state index in [0.717, 1.165) is 57.8 Å². The second kappa shape index (κ2) is 8.07. The van der Waals surface area contributed by atoms with E-state index in [4.69, 9.17) is 10.5 Å². The van der Waals surface area contributed by atoms with E-state index in [2.05, 4.69) is 47.6 Å². The highest BCUT2D eigenvalue weighted by Gasteiger charge is 2.69. The number of nitrogens with two attached hydrogens (primary N) is 1. The van der Waals surface area contributed by atoms with E-state index in [-0.39, 0.29) is 33.7 Å². The van der Waals surface area contributed by atoms with Crippen molar-refractivity contribution in [2.24, 2.45) is 44.6 Å². The van der Waals surface area contributed by atoms with Crippen molar-refractivity contribution in [2.45, 2.75) is 124 Å². The maximum Gasteiger partial charge on any atom is 0.311 e. The highest BCUT2D eigenvalue weighted by atomic mass is 16.5. The van der Waals surface area contributed by atoms with Crippen LogP contribution < -0.4 is 5.73 Å². The number of allylic oxidation sites excluding steroid dienone is 1. The molecule has 4 nitrogen and oxygen atoms in total. The van der Waals surface area contributed by atoms with Gasteiger partial charge in [0.25, 0.3) is 0 Å². The van der Waals surface area contributed by atoms with Gasteiger partial charge in [0.05, 0.1) is 18.6 Å². The monoisotopic (exact) mass is 473 g/mol. The Morgan fingerprint density at radius 3 is 2.38 bits per heavy atom. The van der Waals surface area contributed by atoms with Crippen molar-refractivity contribution >= 4 is 5.97 Å². The Kier molecular flexibility index (Phi) is 6.22. The third-order valence-electron chi connectivity index (χ3n) is 12.5. The van der Waals surface area contributed by atoms with Gasteiger partial charge in [-0.25, -0.2) is 0 Å². The van der Waals surface area contributed by atoms with E-state index in [0.29, 0.717) is 18.3 Å². The summed E-state index contributed by atoms with van der Waals surface area (Å²) in [6.07, 6.45) is 12.6. The van der Waals surface area contributed by atoms with Crippen LogP contribution in [0, 0.1) is 38.9 Å². The van der Waals surface area contributed by atoms with Crippen molar-refractivity contribution in [3.05, 3.63) is 11.6 Å². The average molecular weight is 474 g/mol. The summed E-state index contributed by atoms with van der Waals surface area (Å²) in [7, 11) is 1.51. The summed E-state index contributed by atoms with van der Waals surface area (Å²) in [5, 5.41) is 10.8. The topological polar surface area (TPSA) is 72.5 Å². The van der Waals surface area contributed by atoms with Crippen LogP contribution in [0.5, 0.6) is 0 Å². The summed E-state index contributed by atoms with van der Waals surface area (Å²) in [5.41, 5.74) is 8.27. The lowest BCUT2D eigenvalue weighted by atomic mass is 9.34. The summed E-state index contributed by atoms with van der Waals surface area (Å²) in [4.78, 5) is 12.9. The molecule has 0 amide bonds. The lowest BCUT2D eigenvalue weighted by Crippen LogP contribution is -2.70. The van der Waals surface area contributed by atoms with Crippen molar-refractivity contribution in [1.82, 2.24) is 0 Å². The largest absolute Gasteiger partial charge is 0.469 e. The van der Waals surface area contributed by atoms with Gasteiger partial charge in [0, 0.05) is 5.54 Å². The smallest absolute Gasteiger partial charge is 0.311 e. The molecular formula is C30H51NO3. The zero-order valence-corrected chi connectivity index (χ0v) is 23.2. The number of carbonyl (C=O) groups is 1. The van der Waals surface area contributed by atoms with E-state index < -0.39 is 11.0 Å². The Bertz CT molecular complexity index is 867. The van der Waals surface area contributed by atoms with Gasteiger partial charge in [0.2, 0.25) is 0 Å². The number of aliphatic hydroxyl groups is 1. The molecule has 0 spiro atoms. The molecular weight excluding hydrogens is 422 g/mol. The number of ether oxygens (including phenoxy) is 1. The molecule has 0 saturated heterocycles. The van der Waals surface area contributed by atoms with Crippen molar-refractivity contribution in [3.63, 3.8) is 0 Å². The normalized spacial score (nSPS) is 51.4. The van der Waals surface area contributed by atoms with E-state index in [1.165, 1.54) is 12.7 Å². The molecule has 0 bridgehead atoms. The lowest BCUT2D eigenvalue weighted by Gasteiger charge is -2.71. The number of rotatable bonds is 4. The minimum Gasteiger partial charge on any atom is -0.469 e. The van der Waals surface area contributed by atoms with Crippen LogP contribution in [0.3, 0.4) is 0 Å². The van der Waals surface area contributed by atoms with Crippen LogP contribution in [-0.2, 0) is 9.53 Å². The van der Waals surface area contributed by atoms with Crippen LogP contribution in [-0.4, -0.2) is 29.8 Å². The molecule has 0 aromatic heterocycles. The molecule has 0 aliphatic heterocycles. The fourth-order valence-electron chi connectivity index (χ4n) is 10.1. The summed E-state index contributed by atoms with van der Waals surface area (Å²) in [6.45, 7) is 16.3. The highest BCUT2D eigenvalue weighted by molar-refractivity contribution is 5.77. The van der Waals surface area contributed by atoms with E-state index in [9.17, 15) is 9.90 Å². The van der Waals surface area contributed by atoms with Gasteiger partial charge in [-0.3, -0.25) is 4.79 Å². The molecule has 3 fully saturated rings. The van der Waals surface area contributed by atoms with Gasteiger partial charge >= 0.3 is 5.97 Å². The third-order valence-corrected chi connectivity index (χ3v) is 12.5. The quantitative estimate of drug-likeness (QED) is 0.366. The predicted molar refractivity (Wildman–Crippen MR) is 138 cm³/mol. The van der Waals surface area contributed by atoms with Crippen LogP contribution in [0.2, 0.25) is 0 Å². The van der Waals surface area contributed by atoms with Crippen molar-refractivity contribution in [2.75, 3.05) is 7.11 Å². The third kappa shape index (κ3) is 3.19. The van der Waals surface area contributed by atoms with Gasteiger partial charge in [-0.2, -0.15) is 0 Å². The molecule has 4 rings (SSSR count). The molecule has 3 N–H and O–H groups in total. The molecule has 194 valence electrons. The molecule has 4 heteroatoms. The van der Waals surface area contributed by atoms with Crippen LogP contribution in [0.15, 0.2) is 11.6 Å². The molecule has 0 aromatic rings. The molecule has 0 heterocycles. The average Bonchev–Trinajstić information content (AvgIpc) is 2.75. The van der Waals surface area contributed by atoms with Gasteiger partial charge in [0.1, 0.15) is 0 Å². The standard InChI is InChI=1S/C30H51NO3/c1-9-13-27(5)21(20(2)32)12-14-28(6)22(27)10-11-23-29(28,7)18-17-26(4)16-15-25(3,24(33)34-8)19-30(23,26)31/h11,20-22,32H,9-10,12-19,31H2,1-8H3/t20?,21?,22?,25-,26?,27?,28?,29+,30?/m0/s1. The zero-order chi connectivity index (χ0) is 25.4. The number of fused-ring (bicyclic) bond motifs is 5. The van der Waals surface area contributed by atoms with Gasteiger partial charge in [-0.1, -0.05) is 47.1 Å². The second-order valence-electron chi connectivity index (χ2n) is 14.1. The van der Waals surface area contributed by atoms with Crippen molar-refractivity contribution in [1.29, 1.82) is 0 Å². The van der Waals surface area contributed by atoms with E-state index in [1.807, 2.05) is 6.92 Å². The highest BCUT2D eigenvalue weighted by Crippen LogP contribution is 2.74. The summed E-state index contributed by atoms with van der Waals surface area (Å²) >= 11 is 0. The van der Waals surface area contributed by atoms with Crippen LogP contribution in [0.25, 0.3) is 0 Å². The number of hydrogen-bond donors (Lipinski definition) is 2. The van der Waals surface area contributed by atoms with Gasteiger partial charge < -0.3 is 15.6 Å². The van der Waals surface area contributed by atoms with Crippen LogP contribution >= 0.6 is 0 Å². The number of methoxy groups -OCH3 is 1. The van der Waals surface area contributed by atoms with Crippen LogP contribution in [0.4, 0.5) is 0 Å². The zero-order valence-electron chi connectivity index (χ0n) is 23.2. The summed E-state index contributed by atoms with van der Waals surface area (Å²) in [6, 6.07) is 0. The second-order valence-corrected chi connectivity index (χ2v) is 14.1. The molecule has 0 aromatic carbocycles. The first kappa shape index (κ1) is 26.2. The Morgan fingerprint density at radius 2 is 1.79 bits per heavy atom. The van der Waals surface area contributed by atoms with Gasteiger partial charge in [-0.15, -0.1) is 0 Å². The maximum atomic E-state index is 12.9. The fraction of sp³-hybridized carbons (Fsp3) is 0.900. The van der Waals surface area contributed by atoms with E-state index >= 15 is 0 Å². The SMILES string of the molecule is CCCC1(C)C(C(C)O)CCC2(C)C1CC=C1C3(N)C[C@@](C)(C(=O)OC)CCC3(C)CC[C@]12C. The predicted octanol–water partition coefficient (Wildman–Crippen LogP) is 6.40. The Morgan fingerprint density at radius 1 is 1.15 bits per heavy atom. The molecule has 4 aliphatic carbocycles. The first-order valence-corrected chi connectivity index (χ1v) is 13.9. The first-order chi connectivity index (χ1) is 15.7. The molecule has 0 radical (unpaired) electrons. The maximum absolute atomic E-state index is 12.9. The van der Waals surface area contributed by atoms with Crippen LogP contribution in [0.1, 0.15) is 113 Å². The Labute approximate surface area is 208 Å². The van der Waals surface area contributed by atoms with Gasteiger partial charge in [0.15, 0.2) is 0 Å². The minimum absolute atomic E-state index is 0.0111. The summed E-state index contributed by atoms with van der Waals surface area (Å²) in [5.74, 6) is 0.771. The number of esters is 1. The minimum atomic E-state index is -0.527. The molecule has 9 atom stereocenters. The lowest BCUT2D eigenvalue weighted by molar-refractivity contribution is -0.173. The number of carbonyl (C=O) groups excluding carboxylic acids is 1. The number of hydrogen-bond acceptors (Lipinski definition) is 4. The summed E-state index contributed by atoms with van der Waals surface area (Å²) < 4.78 is 5.27. The first-order valence-electron chi connectivity index (χ1n) is 13.9. The Hall–Kier alpha value is -0.870. The molecule has 34 heavy (non-hydrogen) atoms. The molecule has 3 saturated carbocycles. The Balaban J connectivity index is 1.83. The van der Waals surface area contributed by atoms with E-state index in [1.54, 1.807) is 0 Å². The number of aliphatic hydroxyl groups excluding tert-OH is 1. The van der Waals surface area contributed by atoms with Crippen molar-refractivity contribution < 1.29 is 14.6 Å². The molecule has 4 aliphatic rings.